The quantitative estimate of drug-likeness (QED) is 0.575. The van der Waals surface area contributed by atoms with E-state index in [4.69, 9.17) is 34.8 Å². The van der Waals surface area contributed by atoms with Crippen LogP contribution in [-0.4, -0.2) is 10.9 Å². The SMILES string of the molecule is Cc1cc2cc(CCCl)c(Cl)nc2cc1Cl. The van der Waals surface area contributed by atoms with E-state index in [9.17, 15) is 0 Å². The van der Waals surface area contributed by atoms with Crippen LogP contribution in [0.4, 0.5) is 0 Å². The summed E-state index contributed by atoms with van der Waals surface area (Å²) in [6.45, 7) is 1.97. The highest BCUT2D eigenvalue weighted by atomic mass is 35.5. The molecular formula is C12H10Cl3N. The van der Waals surface area contributed by atoms with E-state index in [-0.39, 0.29) is 0 Å². The van der Waals surface area contributed by atoms with Gasteiger partial charge >= 0.3 is 0 Å². The number of aromatic nitrogens is 1. The smallest absolute Gasteiger partial charge is 0.133 e. The largest absolute Gasteiger partial charge is 0.236 e. The Morgan fingerprint density at radius 2 is 1.94 bits per heavy atom. The number of benzene rings is 1. The van der Waals surface area contributed by atoms with E-state index >= 15 is 0 Å². The second-order valence-corrected chi connectivity index (χ2v) is 4.81. The molecular weight excluding hydrogens is 264 g/mol. The third-order valence-corrected chi connectivity index (χ3v) is 3.41. The van der Waals surface area contributed by atoms with Crippen LogP contribution < -0.4 is 0 Å². The van der Waals surface area contributed by atoms with Gasteiger partial charge in [0.15, 0.2) is 0 Å². The van der Waals surface area contributed by atoms with Gasteiger partial charge < -0.3 is 0 Å². The predicted octanol–water partition coefficient (Wildman–Crippen LogP) is 4.63. The van der Waals surface area contributed by atoms with Gasteiger partial charge in [-0.3, -0.25) is 0 Å². The molecule has 1 aromatic heterocycles. The standard InChI is InChI=1S/C12H10Cl3N/c1-7-4-9-5-8(2-3-13)12(15)16-11(9)6-10(7)14/h4-6H,2-3H2,1H3. The fourth-order valence-electron chi connectivity index (χ4n) is 1.61. The molecule has 0 N–H and O–H groups in total. The van der Waals surface area contributed by atoms with Crippen LogP contribution in [-0.2, 0) is 6.42 Å². The lowest BCUT2D eigenvalue weighted by Crippen LogP contribution is -1.92. The van der Waals surface area contributed by atoms with Crippen molar-refractivity contribution in [2.24, 2.45) is 0 Å². The minimum absolute atomic E-state index is 0.507. The van der Waals surface area contributed by atoms with Crippen LogP contribution >= 0.6 is 34.8 Å². The zero-order valence-electron chi connectivity index (χ0n) is 8.73. The van der Waals surface area contributed by atoms with Gasteiger partial charge in [-0.25, -0.2) is 4.98 Å². The van der Waals surface area contributed by atoms with Gasteiger partial charge in [-0.05, 0) is 42.7 Å². The van der Waals surface area contributed by atoms with E-state index in [0.717, 1.165) is 28.5 Å². The van der Waals surface area contributed by atoms with E-state index in [0.29, 0.717) is 16.1 Å². The summed E-state index contributed by atoms with van der Waals surface area (Å²) in [5.41, 5.74) is 2.83. The Morgan fingerprint density at radius 1 is 1.19 bits per heavy atom. The molecule has 0 unspecified atom stereocenters. The monoisotopic (exact) mass is 273 g/mol. The number of hydrogen-bond donors (Lipinski definition) is 0. The van der Waals surface area contributed by atoms with Crippen molar-refractivity contribution in [3.05, 3.63) is 39.5 Å². The number of fused-ring (bicyclic) bond motifs is 1. The minimum atomic E-state index is 0.507. The van der Waals surface area contributed by atoms with Crippen LogP contribution in [0.5, 0.6) is 0 Å². The van der Waals surface area contributed by atoms with Crippen LogP contribution in [0.2, 0.25) is 10.2 Å². The summed E-state index contributed by atoms with van der Waals surface area (Å²) in [6, 6.07) is 5.87. The molecule has 0 aliphatic heterocycles. The molecule has 0 bridgehead atoms. The lowest BCUT2D eigenvalue weighted by Gasteiger charge is -2.06. The Bertz CT molecular complexity index is 537. The molecule has 1 nitrogen and oxygen atoms in total. The Balaban J connectivity index is 2.65. The minimum Gasteiger partial charge on any atom is -0.236 e. The number of nitrogens with zero attached hydrogens (tertiary/aromatic N) is 1. The normalized spacial score (nSPS) is 11.0. The number of pyridine rings is 1. The number of rotatable bonds is 2. The summed E-state index contributed by atoms with van der Waals surface area (Å²) < 4.78 is 0. The molecule has 2 aromatic rings. The highest BCUT2D eigenvalue weighted by molar-refractivity contribution is 6.32. The molecule has 0 atom stereocenters. The molecule has 4 heteroatoms. The van der Waals surface area contributed by atoms with Crippen molar-refractivity contribution in [1.29, 1.82) is 0 Å². The maximum atomic E-state index is 6.06. The van der Waals surface area contributed by atoms with Crippen molar-refractivity contribution >= 4 is 45.7 Å². The zero-order valence-corrected chi connectivity index (χ0v) is 11.0. The van der Waals surface area contributed by atoms with Crippen LogP contribution in [0, 0.1) is 6.92 Å². The van der Waals surface area contributed by atoms with Crippen LogP contribution in [0.1, 0.15) is 11.1 Å². The molecule has 0 saturated heterocycles. The lowest BCUT2D eigenvalue weighted by molar-refractivity contribution is 1.13. The second kappa shape index (κ2) is 4.79. The predicted molar refractivity (Wildman–Crippen MR) is 70.9 cm³/mol. The Hall–Kier alpha value is -0.500. The molecule has 0 radical (unpaired) electrons. The van der Waals surface area contributed by atoms with Crippen molar-refractivity contribution in [2.45, 2.75) is 13.3 Å². The third-order valence-electron chi connectivity index (χ3n) is 2.49. The Morgan fingerprint density at radius 3 is 2.62 bits per heavy atom. The van der Waals surface area contributed by atoms with Gasteiger partial charge in [0.05, 0.1) is 5.52 Å². The molecule has 1 heterocycles. The van der Waals surface area contributed by atoms with Crippen molar-refractivity contribution in [3.8, 4) is 0 Å². The van der Waals surface area contributed by atoms with Gasteiger partial charge in [-0.15, -0.1) is 11.6 Å². The number of halogens is 3. The highest BCUT2D eigenvalue weighted by Gasteiger charge is 2.06. The summed E-state index contributed by atoms with van der Waals surface area (Å²) in [6.07, 6.45) is 0.727. The van der Waals surface area contributed by atoms with Crippen LogP contribution in [0.25, 0.3) is 10.9 Å². The summed E-state index contributed by atoms with van der Waals surface area (Å²) in [4.78, 5) is 4.32. The first kappa shape index (κ1) is 12.0. The second-order valence-electron chi connectivity index (χ2n) is 3.67. The van der Waals surface area contributed by atoms with Crippen LogP contribution in [0.15, 0.2) is 18.2 Å². The first-order valence-corrected chi connectivity index (χ1v) is 6.22. The number of aryl methyl sites for hydroxylation is 2. The van der Waals surface area contributed by atoms with E-state index in [2.05, 4.69) is 4.98 Å². The van der Waals surface area contributed by atoms with E-state index in [1.54, 1.807) is 0 Å². The summed E-state index contributed by atoms with van der Waals surface area (Å²) >= 11 is 17.8. The average molecular weight is 275 g/mol. The van der Waals surface area contributed by atoms with Crippen molar-refractivity contribution in [2.75, 3.05) is 5.88 Å². The van der Waals surface area contributed by atoms with E-state index in [1.807, 2.05) is 25.1 Å². The maximum absolute atomic E-state index is 6.06. The van der Waals surface area contributed by atoms with Gasteiger partial charge in [0.2, 0.25) is 0 Å². The Labute approximate surface area is 109 Å². The van der Waals surface area contributed by atoms with Gasteiger partial charge in [0.25, 0.3) is 0 Å². The molecule has 0 fully saturated rings. The molecule has 0 saturated carbocycles. The summed E-state index contributed by atoms with van der Waals surface area (Å²) in [5, 5.41) is 2.26. The highest BCUT2D eigenvalue weighted by Crippen LogP contribution is 2.26. The molecule has 0 aliphatic carbocycles. The average Bonchev–Trinajstić information content (AvgIpc) is 2.23. The van der Waals surface area contributed by atoms with Gasteiger partial charge in [-0.1, -0.05) is 23.2 Å². The number of alkyl halides is 1. The first-order valence-electron chi connectivity index (χ1n) is 4.93. The molecule has 0 spiro atoms. The van der Waals surface area contributed by atoms with Crippen LogP contribution in [0.3, 0.4) is 0 Å². The lowest BCUT2D eigenvalue weighted by atomic mass is 10.1. The molecule has 84 valence electrons. The molecule has 0 amide bonds. The molecule has 2 rings (SSSR count). The van der Waals surface area contributed by atoms with Gasteiger partial charge in [-0.2, -0.15) is 0 Å². The summed E-state index contributed by atoms with van der Waals surface area (Å²) in [5.74, 6) is 0.541. The summed E-state index contributed by atoms with van der Waals surface area (Å²) in [7, 11) is 0. The van der Waals surface area contributed by atoms with Crippen molar-refractivity contribution in [3.63, 3.8) is 0 Å². The fraction of sp³-hybridized carbons (Fsp3) is 0.250. The maximum Gasteiger partial charge on any atom is 0.133 e. The zero-order chi connectivity index (χ0) is 11.7. The molecule has 0 aliphatic rings. The van der Waals surface area contributed by atoms with Gasteiger partial charge in [0, 0.05) is 16.3 Å². The topological polar surface area (TPSA) is 12.9 Å². The Kier molecular flexibility index (Phi) is 3.58. The van der Waals surface area contributed by atoms with E-state index < -0.39 is 0 Å². The number of hydrogen-bond acceptors (Lipinski definition) is 1. The fourth-order valence-corrected chi connectivity index (χ4v) is 2.21. The third kappa shape index (κ3) is 2.27. The van der Waals surface area contributed by atoms with Crippen molar-refractivity contribution < 1.29 is 0 Å². The molecule has 1 aromatic carbocycles. The van der Waals surface area contributed by atoms with Crippen molar-refractivity contribution in [1.82, 2.24) is 4.98 Å². The first-order chi connectivity index (χ1) is 7.61. The molecule has 16 heavy (non-hydrogen) atoms. The van der Waals surface area contributed by atoms with E-state index in [1.165, 1.54) is 0 Å². The van der Waals surface area contributed by atoms with Gasteiger partial charge in [0.1, 0.15) is 5.15 Å².